The Kier molecular flexibility index (Phi) is 4.04. The molecule has 1 aromatic carbocycles. The number of halogens is 1. The maximum atomic E-state index is 11.3. The summed E-state index contributed by atoms with van der Waals surface area (Å²) in [6.07, 6.45) is 0.698. The number of rotatable bonds is 5. The van der Waals surface area contributed by atoms with Crippen molar-refractivity contribution >= 4 is 23.9 Å². The molecule has 1 aliphatic rings. The lowest BCUT2D eigenvalue weighted by molar-refractivity contribution is 0.111. The fraction of sp³-hybridized carbons (Fsp3) is 0.333. The number of nitrogens with one attached hydrogen (secondary N) is 1. The second-order valence-corrected chi connectivity index (χ2v) is 4.25. The molecule has 2 rings (SSSR count). The number of para-hydroxylation sites is 1. The minimum absolute atomic E-state index is 0.0895. The molecule has 6 heteroatoms. The summed E-state index contributed by atoms with van der Waals surface area (Å²) >= 11 is 5.96. The first kappa shape index (κ1) is 12.7. The van der Waals surface area contributed by atoms with Crippen molar-refractivity contribution in [1.29, 1.82) is 0 Å². The largest absolute Gasteiger partial charge is 0.489 e. The van der Waals surface area contributed by atoms with Crippen molar-refractivity contribution in [3.63, 3.8) is 0 Å². The topological polar surface area (TPSA) is 58.6 Å². The zero-order chi connectivity index (χ0) is 13.0. The van der Waals surface area contributed by atoms with Crippen LogP contribution in [0.1, 0.15) is 10.4 Å². The second-order valence-electron chi connectivity index (χ2n) is 3.84. The van der Waals surface area contributed by atoms with Gasteiger partial charge in [0.25, 0.3) is 0 Å². The molecule has 2 amide bonds. The Labute approximate surface area is 110 Å². The van der Waals surface area contributed by atoms with Crippen LogP contribution in [0.15, 0.2) is 18.2 Å². The summed E-state index contributed by atoms with van der Waals surface area (Å²) in [5.74, 6) is 0.369. The Morgan fingerprint density at radius 3 is 3.00 bits per heavy atom. The molecule has 18 heavy (non-hydrogen) atoms. The van der Waals surface area contributed by atoms with Gasteiger partial charge in [0.2, 0.25) is 0 Å². The first-order valence-electron chi connectivity index (χ1n) is 5.61. The van der Waals surface area contributed by atoms with Crippen molar-refractivity contribution in [3.05, 3.63) is 28.8 Å². The lowest BCUT2D eigenvalue weighted by Gasteiger charge is -2.15. The van der Waals surface area contributed by atoms with Gasteiger partial charge < -0.3 is 15.0 Å². The number of nitrogens with zero attached hydrogens (tertiary/aromatic N) is 1. The highest BCUT2D eigenvalue weighted by molar-refractivity contribution is 6.32. The van der Waals surface area contributed by atoms with E-state index in [0.717, 1.165) is 0 Å². The van der Waals surface area contributed by atoms with Crippen LogP contribution in [0.5, 0.6) is 5.75 Å². The van der Waals surface area contributed by atoms with Crippen LogP contribution in [0.25, 0.3) is 0 Å². The summed E-state index contributed by atoms with van der Waals surface area (Å²) in [6, 6.07) is 4.89. The molecular formula is C12H13ClN2O3. The van der Waals surface area contributed by atoms with Gasteiger partial charge in [-0.2, -0.15) is 0 Å². The van der Waals surface area contributed by atoms with Crippen molar-refractivity contribution in [3.8, 4) is 5.75 Å². The minimum Gasteiger partial charge on any atom is -0.489 e. The molecule has 1 heterocycles. The van der Waals surface area contributed by atoms with E-state index in [4.69, 9.17) is 16.3 Å². The SMILES string of the molecule is O=Cc1cccc(Cl)c1OCCN1CCNC1=O. The summed E-state index contributed by atoms with van der Waals surface area (Å²) in [6.45, 7) is 2.10. The number of carbonyl (C=O) groups is 2. The van der Waals surface area contributed by atoms with Crippen LogP contribution in [0.4, 0.5) is 4.79 Å². The molecule has 96 valence electrons. The van der Waals surface area contributed by atoms with Gasteiger partial charge in [-0.3, -0.25) is 4.79 Å². The Hall–Kier alpha value is -1.75. The van der Waals surface area contributed by atoms with Crippen molar-refractivity contribution in [1.82, 2.24) is 10.2 Å². The lowest BCUT2D eigenvalue weighted by atomic mass is 10.2. The monoisotopic (exact) mass is 268 g/mol. The molecule has 0 radical (unpaired) electrons. The van der Waals surface area contributed by atoms with Gasteiger partial charge in [0.1, 0.15) is 12.4 Å². The van der Waals surface area contributed by atoms with Gasteiger partial charge in [-0.15, -0.1) is 0 Å². The number of hydrogen-bond acceptors (Lipinski definition) is 3. The molecule has 1 aromatic rings. The third kappa shape index (κ3) is 2.73. The van der Waals surface area contributed by atoms with Crippen molar-refractivity contribution in [2.45, 2.75) is 0 Å². The van der Waals surface area contributed by atoms with E-state index in [1.54, 1.807) is 23.1 Å². The quantitative estimate of drug-likeness (QED) is 0.825. The summed E-state index contributed by atoms with van der Waals surface area (Å²) in [5.41, 5.74) is 0.411. The van der Waals surface area contributed by atoms with Gasteiger partial charge in [0.05, 0.1) is 17.1 Å². The van der Waals surface area contributed by atoms with E-state index >= 15 is 0 Å². The molecule has 0 spiro atoms. The molecule has 0 unspecified atom stereocenters. The van der Waals surface area contributed by atoms with E-state index in [2.05, 4.69) is 5.32 Å². The first-order valence-corrected chi connectivity index (χ1v) is 5.99. The van der Waals surface area contributed by atoms with Gasteiger partial charge in [0, 0.05) is 13.1 Å². The smallest absolute Gasteiger partial charge is 0.317 e. The van der Waals surface area contributed by atoms with Crippen LogP contribution < -0.4 is 10.1 Å². The van der Waals surface area contributed by atoms with Crippen LogP contribution in [-0.2, 0) is 0 Å². The molecule has 1 fully saturated rings. The number of aldehydes is 1. The second kappa shape index (κ2) is 5.73. The predicted molar refractivity (Wildman–Crippen MR) is 67.3 cm³/mol. The molecular weight excluding hydrogens is 256 g/mol. The average molecular weight is 269 g/mol. The summed E-state index contributed by atoms with van der Waals surface area (Å²) in [7, 11) is 0. The minimum atomic E-state index is -0.0895. The van der Waals surface area contributed by atoms with Gasteiger partial charge in [-0.1, -0.05) is 17.7 Å². The molecule has 1 aliphatic heterocycles. The summed E-state index contributed by atoms with van der Waals surface area (Å²) in [5, 5.41) is 3.10. The maximum absolute atomic E-state index is 11.3. The first-order chi connectivity index (χ1) is 8.72. The van der Waals surface area contributed by atoms with Crippen LogP contribution in [-0.4, -0.2) is 43.5 Å². The summed E-state index contributed by atoms with van der Waals surface area (Å²) in [4.78, 5) is 23.8. The maximum Gasteiger partial charge on any atom is 0.317 e. The third-order valence-corrected chi connectivity index (χ3v) is 2.97. The number of amides is 2. The number of urea groups is 1. The Bertz CT molecular complexity index is 465. The van der Waals surface area contributed by atoms with E-state index in [1.165, 1.54) is 0 Å². The number of carbonyl (C=O) groups excluding carboxylic acids is 2. The fourth-order valence-corrected chi connectivity index (χ4v) is 1.99. The fourth-order valence-electron chi connectivity index (χ4n) is 1.75. The van der Waals surface area contributed by atoms with Gasteiger partial charge >= 0.3 is 6.03 Å². The van der Waals surface area contributed by atoms with E-state index in [9.17, 15) is 9.59 Å². The predicted octanol–water partition coefficient (Wildman–Crippen LogP) is 1.56. The highest BCUT2D eigenvalue weighted by atomic mass is 35.5. The Balaban J connectivity index is 1.94. The molecule has 1 saturated heterocycles. The van der Waals surface area contributed by atoms with Crippen LogP contribution in [0, 0.1) is 0 Å². The summed E-state index contributed by atoms with van der Waals surface area (Å²) < 4.78 is 5.48. The molecule has 0 bridgehead atoms. The average Bonchev–Trinajstić information content (AvgIpc) is 2.77. The van der Waals surface area contributed by atoms with Crippen LogP contribution in [0.2, 0.25) is 5.02 Å². The zero-order valence-corrected chi connectivity index (χ0v) is 10.4. The molecule has 1 N–H and O–H groups in total. The van der Waals surface area contributed by atoms with Crippen molar-refractivity contribution in [2.24, 2.45) is 0 Å². The molecule has 0 saturated carbocycles. The molecule has 5 nitrogen and oxygen atoms in total. The van der Waals surface area contributed by atoms with Crippen LogP contribution >= 0.6 is 11.6 Å². The molecule has 0 aromatic heterocycles. The van der Waals surface area contributed by atoms with E-state index in [1.807, 2.05) is 0 Å². The van der Waals surface area contributed by atoms with Gasteiger partial charge in [-0.25, -0.2) is 4.79 Å². The number of ether oxygens (including phenoxy) is 1. The van der Waals surface area contributed by atoms with Crippen molar-refractivity contribution < 1.29 is 14.3 Å². The van der Waals surface area contributed by atoms with E-state index in [0.29, 0.717) is 48.9 Å². The van der Waals surface area contributed by atoms with Gasteiger partial charge in [0.15, 0.2) is 6.29 Å². The van der Waals surface area contributed by atoms with Crippen molar-refractivity contribution in [2.75, 3.05) is 26.2 Å². The highest BCUT2D eigenvalue weighted by Crippen LogP contribution is 2.27. The normalized spacial score (nSPS) is 14.5. The Morgan fingerprint density at radius 2 is 2.33 bits per heavy atom. The van der Waals surface area contributed by atoms with Gasteiger partial charge in [-0.05, 0) is 12.1 Å². The zero-order valence-electron chi connectivity index (χ0n) is 9.69. The van der Waals surface area contributed by atoms with Crippen LogP contribution in [0.3, 0.4) is 0 Å². The standard InChI is InChI=1S/C12H13ClN2O3/c13-10-3-1-2-9(8-16)11(10)18-7-6-15-5-4-14-12(15)17/h1-3,8H,4-7H2,(H,14,17). The van der Waals surface area contributed by atoms with E-state index < -0.39 is 0 Å². The third-order valence-electron chi connectivity index (χ3n) is 2.68. The molecule has 0 aliphatic carbocycles. The van der Waals surface area contributed by atoms with E-state index in [-0.39, 0.29) is 6.03 Å². The lowest BCUT2D eigenvalue weighted by Crippen LogP contribution is -2.31. The molecule has 0 atom stereocenters. The highest BCUT2D eigenvalue weighted by Gasteiger charge is 2.19. The number of hydrogen-bond donors (Lipinski definition) is 1. The Morgan fingerprint density at radius 1 is 1.50 bits per heavy atom. The number of benzene rings is 1.